The number of hydrogen-bond donors (Lipinski definition) is 2. The number of rotatable bonds is 3. The standard InChI is InChI=1S/C16H9Cl2NO3/c17-12-3-1-10(2-4-12)15(21)11(8-19)5-9-6-13(18)16(22)14(20)7-9/h1-7,20,22H/b11-5+. The first-order valence-electron chi connectivity index (χ1n) is 6.06. The van der Waals surface area contributed by atoms with Gasteiger partial charge >= 0.3 is 0 Å². The van der Waals surface area contributed by atoms with Gasteiger partial charge in [-0.15, -0.1) is 0 Å². The maximum Gasteiger partial charge on any atom is 0.203 e. The minimum atomic E-state index is -0.483. The molecule has 0 saturated carbocycles. The van der Waals surface area contributed by atoms with Crippen molar-refractivity contribution in [3.05, 3.63) is 63.1 Å². The first-order valence-corrected chi connectivity index (χ1v) is 6.81. The number of phenolic OH excluding ortho intramolecular Hbond substituents is 2. The predicted octanol–water partition coefficient (Wildman–Crippen LogP) is 4.19. The van der Waals surface area contributed by atoms with Crippen LogP contribution in [-0.2, 0) is 0 Å². The average Bonchev–Trinajstić information content (AvgIpc) is 2.50. The van der Waals surface area contributed by atoms with Gasteiger partial charge in [-0.2, -0.15) is 5.26 Å². The van der Waals surface area contributed by atoms with E-state index in [9.17, 15) is 15.0 Å². The number of phenols is 2. The van der Waals surface area contributed by atoms with Crippen molar-refractivity contribution < 1.29 is 15.0 Å². The summed E-state index contributed by atoms with van der Waals surface area (Å²) in [7, 11) is 0. The van der Waals surface area contributed by atoms with E-state index >= 15 is 0 Å². The molecule has 2 rings (SSSR count). The Kier molecular flexibility index (Phi) is 4.71. The van der Waals surface area contributed by atoms with E-state index in [0.717, 1.165) is 0 Å². The fourth-order valence-electron chi connectivity index (χ4n) is 1.76. The zero-order valence-corrected chi connectivity index (χ0v) is 12.6. The Balaban J connectivity index is 2.41. The molecule has 2 aromatic carbocycles. The van der Waals surface area contributed by atoms with E-state index in [1.165, 1.54) is 30.3 Å². The van der Waals surface area contributed by atoms with Crippen molar-refractivity contribution in [2.45, 2.75) is 0 Å². The van der Waals surface area contributed by atoms with E-state index in [-0.39, 0.29) is 10.6 Å². The van der Waals surface area contributed by atoms with Gasteiger partial charge in [0.1, 0.15) is 11.6 Å². The average molecular weight is 334 g/mol. The number of nitriles is 1. The number of Topliss-reactive ketones (excluding diaryl/α,β-unsaturated/α-hetero) is 1. The highest BCUT2D eigenvalue weighted by molar-refractivity contribution is 6.32. The molecule has 0 amide bonds. The Morgan fingerprint density at radius 2 is 1.77 bits per heavy atom. The monoisotopic (exact) mass is 333 g/mol. The zero-order valence-electron chi connectivity index (χ0n) is 11.0. The maximum atomic E-state index is 12.2. The second-order valence-corrected chi connectivity index (χ2v) is 5.22. The molecule has 22 heavy (non-hydrogen) atoms. The molecule has 0 atom stereocenters. The first kappa shape index (κ1) is 15.9. The Morgan fingerprint density at radius 1 is 1.14 bits per heavy atom. The van der Waals surface area contributed by atoms with Crippen LogP contribution in [0.25, 0.3) is 6.08 Å². The lowest BCUT2D eigenvalue weighted by atomic mass is 10.0. The van der Waals surface area contributed by atoms with Gasteiger partial charge in [0, 0.05) is 10.6 Å². The Morgan fingerprint density at radius 3 is 2.32 bits per heavy atom. The molecule has 6 heteroatoms. The molecular weight excluding hydrogens is 325 g/mol. The summed E-state index contributed by atoms with van der Waals surface area (Å²) in [6, 6.07) is 10.5. The number of hydrogen-bond acceptors (Lipinski definition) is 4. The third-order valence-corrected chi connectivity index (χ3v) is 3.39. The van der Waals surface area contributed by atoms with Gasteiger partial charge in [0.15, 0.2) is 11.5 Å². The highest BCUT2D eigenvalue weighted by Gasteiger charge is 2.13. The number of nitrogens with zero attached hydrogens (tertiary/aromatic N) is 1. The Hall–Kier alpha value is -2.48. The number of halogens is 2. The van der Waals surface area contributed by atoms with Crippen molar-refractivity contribution in [3.63, 3.8) is 0 Å². The molecule has 0 aliphatic rings. The summed E-state index contributed by atoms with van der Waals surface area (Å²) in [4.78, 5) is 12.2. The summed E-state index contributed by atoms with van der Waals surface area (Å²) in [6.45, 7) is 0. The first-order chi connectivity index (χ1) is 10.4. The van der Waals surface area contributed by atoms with Crippen LogP contribution in [0.4, 0.5) is 0 Å². The number of ketones is 1. The summed E-state index contributed by atoms with van der Waals surface area (Å²) < 4.78 is 0. The van der Waals surface area contributed by atoms with Gasteiger partial charge in [0.25, 0.3) is 0 Å². The Bertz CT molecular complexity index is 782. The zero-order chi connectivity index (χ0) is 16.3. The van der Waals surface area contributed by atoms with E-state index in [0.29, 0.717) is 16.1 Å². The quantitative estimate of drug-likeness (QED) is 0.382. The lowest BCUT2D eigenvalue weighted by Crippen LogP contribution is -2.01. The van der Waals surface area contributed by atoms with Crippen LogP contribution in [0.1, 0.15) is 15.9 Å². The molecule has 2 aromatic rings. The van der Waals surface area contributed by atoms with Crippen molar-refractivity contribution >= 4 is 35.1 Å². The van der Waals surface area contributed by atoms with E-state index in [2.05, 4.69) is 0 Å². The van der Waals surface area contributed by atoms with Gasteiger partial charge < -0.3 is 10.2 Å². The molecule has 0 radical (unpaired) electrons. The van der Waals surface area contributed by atoms with E-state index in [1.807, 2.05) is 6.07 Å². The van der Waals surface area contributed by atoms with Crippen molar-refractivity contribution in [3.8, 4) is 17.6 Å². The summed E-state index contributed by atoms with van der Waals surface area (Å²) in [5.41, 5.74) is 0.494. The molecule has 0 unspecified atom stereocenters. The van der Waals surface area contributed by atoms with Crippen LogP contribution in [0.15, 0.2) is 42.0 Å². The molecule has 2 N–H and O–H groups in total. The van der Waals surface area contributed by atoms with Crippen molar-refractivity contribution in [2.24, 2.45) is 0 Å². The number of carbonyl (C=O) groups excluding carboxylic acids is 1. The molecule has 0 saturated heterocycles. The van der Waals surface area contributed by atoms with Crippen LogP contribution in [0.5, 0.6) is 11.5 Å². The number of allylic oxidation sites excluding steroid dienone is 1. The Labute approximate surface area is 136 Å². The normalized spacial score (nSPS) is 11.0. The minimum Gasteiger partial charge on any atom is -0.504 e. The molecular formula is C16H9Cl2NO3. The minimum absolute atomic E-state index is 0.0810. The lowest BCUT2D eigenvalue weighted by molar-refractivity contribution is 0.104. The van der Waals surface area contributed by atoms with Crippen LogP contribution in [0.3, 0.4) is 0 Å². The summed E-state index contributed by atoms with van der Waals surface area (Å²) in [6.07, 6.45) is 1.28. The van der Waals surface area contributed by atoms with E-state index in [1.54, 1.807) is 12.1 Å². The third kappa shape index (κ3) is 3.40. The predicted molar refractivity (Wildman–Crippen MR) is 84.2 cm³/mol. The van der Waals surface area contributed by atoms with Crippen LogP contribution >= 0.6 is 23.2 Å². The molecule has 0 aliphatic heterocycles. The van der Waals surface area contributed by atoms with Gasteiger partial charge in [-0.3, -0.25) is 4.79 Å². The van der Waals surface area contributed by atoms with Gasteiger partial charge in [-0.05, 0) is 48.0 Å². The molecule has 0 fully saturated rings. The molecule has 0 aromatic heterocycles. The SMILES string of the molecule is N#C/C(=C\c1cc(O)c(O)c(Cl)c1)C(=O)c1ccc(Cl)cc1. The van der Waals surface area contributed by atoms with Crippen LogP contribution in [0, 0.1) is 11.3 Å². The lowest BCUT2D eigenvalue weighted by Gasteiger charge is -2.03. The molecule has 0 aliphatic carbocycles. The number of aromatic hydroxyl groups is 2. The smallest absolute Gasteiger partial charge is 0.203 e. The van der Waals surface area contributed by atoms with Crippen molar-refractivity contribution in [1.29, 1.82) is 5.26 Å². The summed E-state index contributed by atoms with van der Waals surface area (Å²) in [5.74, 6) is -1.38. The molecule has 0 heterocycles. The molecule has 0 bridgehead atoms. The molecule has 4 nitrogen and oxygen atoms in total. The highest BCUT2D eigenvalue weighted by Crippen LogP contribution is 2.34. The summed E-state index contributed by atoms with van der Waals surface area (Å²) in [5, 5.41) is 28.5. The highest BCUT2D eigenvalue weighted by atomic mass is 35.5. The number of benzene rings is 2. The molecule has 110 valence electrons. The van der Waals surface area contributed by atoms with Crippen LogP contribution in [0.2, 0.25) is 10.0 Å². The van der Waals surface area contributed by atoms with Crippen molar-refractivity contribution in [2.75, 3.05) is 0 Å². The summed E-state index contributed by atoms with van der Waals surface area (Å²) >= 11 is 11.5. The van der Waals surface area contributed by atoms with Crippen LogP contribution < -0.4 is 0 Å². The van der Waals surface area contributed by atoms with E-state index in [4.69, 9.17) is 28.5 Å². The van der Waals surface area contributed by atoms with Gasteiger partial charge in [0.2, 0.25) is 5.78 Å². The maximum absolute atomic E-state index is 12.2. The second kappa shape index (κ2) is 6.52. The fraction of sp³-hybridized carbons (Fsp3) is 0. The van der Waals surface area contributed by atoms with Crippen molar-refractivity contribution in [1.82, 2.24) is 0 Å². The third-order valence-electron chi connectivity index (χ3n) is 2.85. The van der Waals surface area contributed by atoms with Gasteiger partial charge in [-0.1, -0.05) is 23.2 Å². The number of carbonyl (C=O) groups is 1. The fourth-order valence-corrected chi connectivity index (χ4v) is 2.11. The van der Waals surface area contributed by atoms with Gasteiger partial charge in [0.05, 0.1) is 5.02 Å². The second-order valence-electron chi connectivity index (χ2n) is 4.38. The largest absolute Gasteiger partial charge is 0.504 e. The van der Waals surface area contributed by atoms with Crippen LogP contribution in [-0.4, -0.2) is 16.0 Å². The van der Waals surface area contributed by atoms with E-state index < -0.39 is 17.3 Å². The molecule has 0 spiro atoms. The van der Waals surface area contributed by atoms with Gasteiger partial charge in [-0.25, -0.2) is 0 Å². The topological polar surface area (TPSA) is 81.3 Å².